The van der Waals surface area contributed by atoms with Crippen LogP contribution in [0.5, 0.6) is 0 Å². The number of primary amides is 2. The van der Waals surface area contributed by atoms with Crippen LogP contribution in [-0.2, 0) is 19.6 Å². The molecule has 9 nitrogen and oxygen atoms in total. The van der Waals surface area contributed by atoms with E-state index in [1.807, 2.05) is 0 Å². The number of nitrogens with two attached hydrogens (primary N) is 2. The van der Waals surface area contributed by atoms with Crippen molar-refractivity contribution in [1.29, 1.82) is 0 Å². The number of amides is 3. The number of fused-ring (bicyclic) bond motifs is 1. The van der Waals surface area contributed by atoms with E-state index < -0.39 is 39.8 Å². The molecule has 12 heteroatoms. The van der Waals surface area contributed by atoms with Gasteiger partial charge in [0.05, 0.1) is 17.0 Å². The molecule has 1 heterocycles. The molecule has 0 radical (unpaired) electrons. The maximum absolute atomic E-state index is 13.7. The maximum Gasteiger partial charge on any atom is 0.254 e. The molecule has 0 saturated carbocycles. The second kappa shape index (κ2) is 10.8. The van der Waals surface area contributed by atoms with Crippen molar-refractivity contribution in [3.8, 4) is 0 Å². The van der Waals surface area contributed by atoms with Crippen molar-refractivity contribution in [2.24, 2.45) is 11.5 Å². The standard InChI is InChI=1S/C25H24BrClN4O5S/c26-18-5-1-15(2-6-18)25(34)31-20(11-23(28)32)13-30(14-21(31)12-24(29)33)37(35,36)22-8-4-16-9-19(27)7-3-17(16)10-22/h1-10,20-21H,11-14H2,(H2,28,32)(H2,29,33)/t20-,21-/m1/s1. The van der Waals surface area contributed by atoms with E-state index in [0.717, 1.165) is 9.86 Å². The van der Waals surface area contributed by atoms with Crippen LogP contribution in [0.15, 0.2) is 70.0 Å². The van der Waals surface area contributed by atoms with Crippen molar-refractivity contribution in [3.63, 3.8) is 0 Å². The Morgan fingerprint density at radius 2 is 1.41 bits per heavy atom. The van der Waals surface area contributed by atoms with Crippen LogP contribution in [0.25, 0.3) is 10.8 Å². The SMILES string of the molecule is NC(=O)C[C@@H]1CN(S(=O)(=O)c2ccc3cc(Cl)ccc3c2)C[C@@H](CC(N)=O)N1C(=O)c1ccc(Br)cc1. The van der Waals surface area contributed by atoms with Crippen molar-refractivity contribution in [2.45, 2.75) is 29.8 Å². The number of carbonyl (C=O) groups is 3. The summed E-state index contributed by atoms with van der Waals surface area (Å²) in [6, 6.07) is 14.5. The van der Waals surface area contributed by atoms with Crippen LogP contribution in [-0.4, -0.2) is 60.5 Å². The van der Waals surface area contributed by atoms with Gasteiger partial charge in [0.25, 0.3) is 5.91 Å². The zero-order valence-electron chi connectivity index (χ0n) is 19.5. The third kappa shape index (κ3) is 5.96. The highest BCUT2D eigenvalue weighted by Crippen LogP contribution is 2.30. The smallest absolute Gasteiger partial charge is 0.254 e. The van der Waals surface area contributed by atoms with Gasteiger partial charge >= 0.3 is 0 Å². The van der Waals surface area contributed by atoms with Gasteiger partial charge in [0.1, 0.15) is 0 Å². The molecule has 2 atom stereocenters. The predicted octanol–water partition coefficient (Wildman–Crippen LogP) is 2.89. The highest BCUT2D eigenvalue weighted by molar-refractivity contribution is 9.10. The summed E-state index contributed by atoms with van der Waals surface area (Å²) in [4.78, 5) is 38.8. The molecule has 1 aliphatic heterocycles. The van der Waals surface area contributed by atoms with Crippen molar-refractivity contribution >= 4 is 66.0 Å². The average molecular weight is 608 g/mol. The fourth-order valence-corrected chi connectivity index (χ4v) is 6.58. The number of nitrogens with zero attached hydrogens (tertiary/aromatic N) is 2. The molecular weight excluding hydrogens is 584 g/mol. The molecule has 4 N–H and O–H groups in total. The van der Waals surface area contributed by atoms with Crippen LogP contribution >= 0.6 is 27.5 Å². The summed E-state index contributed by atoms with van der Waals surface area (Å²) in [6.45, 7) is -0.358. The molecule has 0 aromatic heterocycles. The summed E-state index contributed by atoms with van der Waals surface area (Å²) in [7, 11) is -4.07. The van der Waals surface area contributed by atoms with Gasteiger partial charge in [0.15, 0.2) is 0 Å². The van der Waals surface area contributed by atoms with Gasteiger partial charge < -0.3 is 16.4 Å². The lowest BCUT2D eigenvalue weighted by Gasteiger charge is -2.45. The molecule has 3 amide bonds. The van der Waals surface area contributed by atoms with Crippen LogP contribution in [0.2, 0.25) is 5.02 Å². The Kier molecular flexibility index (Phi) is 7.88. The molecule has 0 bridgehead atoms. The molecule has 1 fully saturated rings. The van der Waals surface area contributed by atoms with Gasteiger partial charge in [-0.15, -0.1) is 0 Å². The minimum absolute atomic E-state index is 0.0330. The van der Waals surface area contributed by atoms with Gasteiger partial charge in [-0.2, -0.15) is 4.31 Å². The number of carbonyl (C=O) groups excluding carboxylic acids is 3. The number of halogens is 2. The van der Waals surface area contributed by atoms with Crippen LogP contribution in [0, 0.1) is 0 Å². The minimum Gasteiger partial charge on any atom is -0.370 e. The number of benzene rings is 3. The first-order chi connectivity index (χ1) is 17.5. The van der Waals surface area contributed by atoms with Crippen molar-refractivity contribution in [2.75, 3.05) is 13.1 Å². The predicted molar refractivity (Wildman–Crippen MR) is 143 cm³/mol. The summed E-state index contributed by atoms with van der Waals surface area (Å²) in [5.41, 5.74) is 11.3. The van der Waals surface area contributed by atoms with E-state index in [1.165, 1.54) is 21.3 Å². The minimum atomic E-state index is -4.07. The monoisotopic (exact) mass is 606 g/mol. The van der Waals surface area contributed by atoms with E-state index >= 15 is 0 Å². The van der Waals surface area contributed by atoms with Crippen LogP contribution in [0.4, 0.5) is 0 Å². The van der Waals surface area contributed by atoms with E-state index in [0.29, 0.717) is 16.0 Å². The number of piperazine rings is 1. The lowest BCUT2D eigenvalue weighted by molar-refractivity contribution is -0.120. The normalized spacial score (nSPS) is 18.6. The van der Waals surface area contributed by atoms with E-state index in [4.69, 9.17) is 23.1 Å². The molecule has 0 aliphatic carbocycles. The number of hydrogen-bond acceptors (Lipinski definition) is 5. The Morgan fingerprint density at radius 1 is 0.865 bits per heavy atom. The molecule has 3 aromatic carbocycles. The lowest BCUT2D eigenvalue weighted by Crippen LogP contribution is -2.62. The second-order valence-electron chi connectivity index (χ2n) is 8.84. The van der Waals surface area contributed by atoms with Crippen LogP contribution in [0.3, 0.4) is 0 Å². The highest BCUT2D eigenvalue weighted by Gasteiger charge is 2.43. The Hall–Kier alpha value is -2.99. The third-order valence-corrected chi connectivity index (χ3v) is 8.82. The van der Waals surface area contributed by atoms with Crippen molar-refractivity contribution in [3.05, 3.63) is 75.7 Å². The fourth-order valence-electron chi connectivity index (χ4n) is 4.58. The van der Waals surface area contributed by atoms with Crippen molar-refractivity contribution in [1.82, 2.24) is 9.21 Å². The second-order valence-corrected chi connectivity index (χ2v) is 12.1. The summed E-state index contributed by atoms with van der Waals surface area (Å²) >= 11 is 9.36. The van der Waals surface area contributed by atoms with Crippen LogP contribution < -0.4 is 11.5 Å². The Labute approximate surface area is 227 Å². The number of sulfonamides is 1. The van der Waals surface area contributed by atoms with Gasteiger partial charge in [0, 0.05) is 41.0 Å². The van der Waals surface area contributed by atoms with Gasteiger partial charge in [-0.3, -0.25) is 14.4 Å². The quantitative estimate of drug-likeness (QED) is 0.425. The first-order valence-corrected chi connectivity index (χ1v) is 13.9. The zero-order valence-corrected chi connectivity index (χ0v) is 22.7. The third-order valence-electron chi connectivity index (χ3n) is 6.23. The van der Waals surface area contributed by atoms with E-state index in [9.17, 15) is 22.8 Å². The summed E-state index contributed by atoms with van der Waals surface area (Å²) in [5, 5.41) is 1.98. The van der Waals surface area contributed by atoms with E-state index in [2.05, 4.69) is 15.9 Å². The molecule has 0 unspecified atom stereocenters. The summed E-state index contributed by atoms with van der Waals surface area (Å²) in [6.07, 6.45) is -0.584. The average Bonchev–Trinajstić information content (AvgIpc) is 2.82. The fraction of sp³-hybridized carbons (Fsp3) is 0.240. The number of hydrogen-bond donors (Lipinski definition) is 2. The molecule has 0 spiro atoms. The molecule has 1 aliphatic rings. The number of rotatable bonds is 7. The topological polar surface area (TPSA) is 144 Å². The molecule has 3 aromatic rings. The first kappa shape index (κ1) is 27.1. The largest absolute Gasteiger partial charge is 0.370 e. The molecule has 37 heavy (non-hydrogen) atoms. The highest BCUT2D eigenvalue weighted by atomic mass is 79.9. The Bertz CT molecular complexity index is 1460. The molecular formula is C25H24BrClN4O5S. The molecule has 194 valence electrons. The maximum atomic E-state index is 13.7. The lowest BCUT2D eigenvalue weighted by atomic mass is 10.00. The van der Waals surface area contributed by atoms with E-state index in [-0.39, 0.29) is 30.8 Å². The van der Waals surface area contributed by atoms with Gasteiger partial charge in [-0.1, -0.05) is 39.7 Å². The van der Waals surface area contributed by atoms with E-state index in [1.54, 1.807) is 48.5 Å². The molecule has 1 saturated heterocycles. The van der Waals surface area contributed by atoms with Gasteiger partial charge in [-0.25, -0.2) is 8.42 Å². The van der Waals surface area contributed by atoms with Gasteiger partial charge in [0.2, 0.25) is 21.8 Å². The van der Waals surface area contributed by atoms with Gasteiger partial charge in [-0.05, 0) is 59.3 Å². The Balaban J connectivity index is 1.73. The zero-order chi connectivity index (χ0) is 26.9. The first-order valence-electron chi connectivity index (χ1n) is 11.3. The van der Waals surface area contributed by atoms with Crippen LogP contribution in [0.1, 0.15) is 23.2 Å². The summed E-state index contributed by atoms with van der Waals surface area (Å²) < 4.78 is 29.3. The summed E-state index contributed by atoms with van der Waals surface area (Å²) in [5.74, 6) is -1.87. The Morgan fingerprint density at radius 3 is 1.97 bits per heavy atom. The van der Waals surface area contributed by atoms with Crippen molar-refractivity contribution < 1.29 is 22.8 Å². The molecule has 4 rings (SSSR count).